The van der Waals surface area contributed by atoms with Gasteiger partial charge in [-0.2, -0.15) is 0 Å². The molecule has 2 atom stereocenters. The van der Waals surface area contributed by atoms with Gasteiger partial charge in [0.15, 0.2) is 0 Å². The summed E-state index contributed by atoms with van der Waals surface area (Å²) in [6.07, 6.45) is 17.0. The fourth-order valence-corrected chi connectivity index (χ4v) is 2.64. The first kappa shape index (κ1) is 24.1. The molecule has 0 bridgehead atoms. The van der Waals surface area contributed by atoms with Crippen molar-refractivity contribution in [3.8, 4) is 0 Å². The van der Waals surface area contributed by atoms with Gasteiger partial charge in [-0.05, 0) is 39.0 Å². The smallest absolute Gasteiger partial charge is 0.305 e. The summed E-state index contributed by atoms with van der Waals surface area (Å²) in [4.78, 5) is 11.3. The summed E-state index contributed by atoms with van der Waals surface area (Å²) in [5, 5.41) is 18.9. The zero-order chi connectivity index (χ0) is 18.8. The Hall–Kier alpha value is -0.870. The molecule has 0 aromatic carbocycles. The van der Waals surface area contributed by atoms with Gasteiger partial charge in [-0.1, -0.05) is 64.0 Å². The summed E-state index contributed by atoms with van der Waals surface area (Å²) < 4.78 is 4.91. The average molecular weight is 357 g/mol. The Kier molecular flexibility index (Phi) is 17.3. The summed E-state index contributed by atoms with van der Waals surface area (Å²) in [5.41, 5.74) is 0. The molecule has 0 heterocycles. The molecule has 0 rings (SSSR count). The Balaban J connectivity index is 3.33. The highest BCUT2D eigenvalue weighted by Crippen LogP contribution is 2.10. The summed E-state index contributed by atoms with van der Waals surface area (Å²) in [6.45, 7) is 3.90. The van der Waals surface area contributed by atoms with Crippen LogP contribution >= 0.6 is 0 Å². The number of carbonyl (C=O) groups excluding carboxylic acids is 1. The summed E-state index contributed by atoms with van der Waals surface area (Å²) in [6, 6.07) is 0. The molecule has 148 valence electrons. The van der Waals surface area contributed by atoms with Crippen LogP contribution in [0.2, 0.25) is 0 Å². The Morgan fingerprint density at radius 1 is 0.960 bits per heavy atom. The Bertz CT molecular complexity index is 326. The van der Waals surface area contributed by atoms with Crippen molar-refractivity contribution in [2.24, 2.45) is 0 Å². The highest BCUT2D eigenvalue weighted by molar-refractivity contribution is 5.69. The minimum Gasteiger partial charge on any atom is -0.463 e. The number of hydrogen-bond acceptors (Lipinski definition) is 4. The average Bonchev–Trinajstić information content (AvgIpc) is 2.58. The standard InChI is InChI=1S/C21H40O4/c1-3-4-5-12-15-20(23)16-13-10-8-6-7-9-11-14-17-21(24)25-18-19(2)22/h10,13,19-20,22-23H,3-9,11-12,14-18H2,1-2H3/b13-10-/t19-,20+/m0/s1. The summed E-state index contributed by atoms with van der Waals surface area (Å²) >= 11 is 0. The second-order valence-corrected chi connectivity index (χ2v) is 7.05. The van der Waals surface area contributed by atoms with Gasteiger partial charge < -0.3 is 14.9 Å². The summed E-state index contributed by atoms with van der Waals surface area (Å²) in [7, 11) is 0. The zero-order valence-corrected chi connectivity index (χ0v) is 16.4. The highest BCUT2D eigenvalue weighted by Gasteiger charge is 2.04. The lowest BCUT2D eigenvalue weighted by Crippen LogP contribution is -2.14. The van der Waals surface area contributed by atoms with Gasteiger partial charge in [0.2, 0.25) is 0 Å². The van der Waals surface area contributed by atoms with Crippen molar-refractivity contribution in [1.29, 1.82) is 0 Å². The Labute approximate surface area is 154 Å². The van der Waals surface area contributed by atoms with E-state index in [2.05, 4.69) is 19.1 Å². The van der Waals surface area contributed by atoms with Crippen molar-refractivity contribution in [3.05, 3.63) is 12.2 Å². The van der Waals surface area contributed by atoms with E-state index < -0.39 is 6.10 Å². The molecule has 0 aliphatic carbocycles. The first-order chi connectivity index (χ1) is 12.1. The third kappa shape index (κ3) is 19.3. The molecule has 0 amide bonds. The number of hydrogen-bond donors (Lipinski definition) is 2. The molecular weight excluding hydrogens is 316 g/mol. The summed E-state index contributed by atoms with van der Waals surface area (Å²) in [5.74, 6) is -0.211. The van der Waals surface area contributed by atoms with Crippen molar-refractivity contribution in [2.45, 2.75) is 110 Å². The molecule has 2 N–H and O–H groups in total. The third-order valence-corrected chi connectivity index (χ3v) is 4.20. The maximum Gasteiger partial charge on any atom is 0.305 e. The van der Waals surface area contributed by atoms with E-state index in [1.54, 1.807) is 6.92 Å². The highest BCUT2D eigenvalue weighted by atomic mass is 16.5. The van der Waals surface area contributed by atoms with Crippen molar-refractivity contribution in [1.82, 2.24) is 0 Å². The Morgan fingerprint density at radius 2 is 1.64 bits per heavy atom. The molecule has 0 aliphatic heterocycles. The Morgan fingerprint density at radius 3 is 2.36 bits per heavy atom. The van der Waals surface area contributed by atoms with Crippen LogP contribution in [0.25, 0.3) is 0 Å². The molecule has 4 nitrogen and oxygen atoms in total. The van der Waals surface area contributed by atoms with E-state index in [1.165, 1.54) is 25.7 Å². The van der Waals surface area contributed by atoms with Crippen LogP contribution in [0.5, 0.6) is 0 Å². The third-order valence-electron chi connectivity index (χ3n) is 4.20. The number of unbranched alkanes of at least 4 members (excludes halogenated alkanes) is 8. The number of esters is 1. The van der Waals surface area contributed by atoms with Crippen molar-refractivity contribution >= 4 is 5.97 Å². The van der Waals surface area contributed by atoms with E-state index in [4.69, 9.17) is 9.84 Å². The second-order valence-electron chi connectivity index (χ2n) is 7.05. The monoisotopic (exact) mass is 356 g/mol. The number of carbonyl (C=O) groups is 1. The molecule has 0 spiro atoms. The number of allylic oxidation sites excluding steroid dienone is 1. The maximum absolute atomic E-state index is 11.3. The normalized spacial score (nSPS) is 13.9. The maximum atomic E-state index is 11.3. The van der Waals surface area contributed by atoms with Crippen molar-refractivity contribution in [2.75, 3.05) is 6.61 Å². The van der Waals surface area contributed by atoms with Crippen LogP contribution in [-0.2, 0) is 9.53 Å². The lowest BCUT2D eigenvalue weighted by Gasteiger charge is -2.07. The topological polar surface area (TPSA) is 66.8 Å². The first-order valence-electron chi connectivity index (χ1n) is 10.2. The molecule has 0 fully saturated rings. The van der Waals surface area contributed by atoms with Gasteiger partial charge >= 0.3 is 5.97 Å². The van der Waals surface area contributed by atoms with E-state index in [-0.39, 0.29) is 18.7 Å². The van der Waals surface area contributed by atoms with Gasteiger partial charge in [-0.3, -0.25) is 4.79 Å². The van der Waals surface area contributed by atoms with E-state index in [0.29, 0.717) is 6.42 Å². The number of aliphatic hydroxyl groups excluding tert-OH is 2. The largest absolute Gasteiger partial charge is 0.463 e. The van der Waals surface area contributed by atoms with Crippen LogP contribution in [0, 0.1) is 0 Å². The fraction of sp³-hybridized carbons (Fsp3) is 0.857. The second kappa shape index (κ2) is 17.9. The quantitative estimate of drug-likeness (QED) is 0.220. The van der Waals surface area contributed by atoms with Crippen molar-refractivity contribution < 1.29 is 19.7 Å². The van der Waals surface area contributed by atoms with Crippen LogP contribution in [0.15, 0.2) is 12.2 Å². The van der Waals surface area contributed by atoms with Gasteiger partial charge in [0, 0.05) is 6.42 Å². The minimum atomic E-state index is -0.584. The molecule has 0 saturated heterocycles. The molecular formula is C21H40O4. The van der Waals surface area contributed by atoms with E-state index >= 15 is 0 Å². The predicted molar refractivity (Wildman–Crippen MR) is 103 cm³/mol. The lowest BCUT2D eigenvalue weighted by atomic mass is 10.1. The van der Waals surface area contributed by atoms with E-state index in [0.717, 1.165) is 51.4 Å². The molecule has 0 saturated carbocycles. The molecule has 4 heteroatoms. The van der Waals surface area contributed by atoms with Crippen molar-refractivity contribution in [3.63, 3.8) is 0 Å². The molecule has 0 aromatic rings. The van der Waals surface area contributed by atoms with Crippen LogP contribution < -0.4 is 0 Å². The van der Waals surface area contributed by atoms with E-state index in [1.807, 2.05) is 0 Å². The van der Waals surface area contributed by atoms with Crippen LogP contribution in [-0.4, -0.2) is 35.0 Å². The van der Waals surface area contributed by atoms with Crippen LogP contribution in [0.4, 0.5) is 0 Å². The number of ether oxygens (including phenoxy) is 1. The fourth-order valence-electron chi connectivity index (χ4n) is 2.64. The number of aliphatic hydroxyl groups is 2. The SMILES string of the molecule is CCCCCC[C@@H](O)C/C=C\CCCCCCCC(=O)OC[C@H](C)O. The van der Waals surface area contributed by atoms with Crippen LogP contribution in [0.1, 0.15) is 97.3 Å². The zero-order valence-electron chi connectivity index (χ0n) is 16.4. The number of rotatable bonds is 17. The van der Waals surface area contributed by atoms with Crippen LogP contribution in [0.3, 0.4) is 0 Å². The van der Waals surface area contributed by atoms with E-state index in [9.17, 15) is 9.90 Å². The van der Waals surface area contributed by atoms with Gasteiger partial charge in [0.25, 0.3) is 0 Å². The van der Waals surface area contributed by atoms with Gasteiger partial charge in [-0.25, -0.2) is 0 Å². The van der Waals surface area contributed by atoms with Gasteiger partial charge in [0.05, 0.1) is 12.2 Å². The molecule has 0 radical (unpaired) electrons. The van der Waals surface area contributed by atoms with Gasteiger partial charge in [-0.15, -0.1) is 0 Å². The molecule has 25 heavy (non-hydrogen) atoms. The minimum absolute atomic E-state index is 0.0958. The first-order valence-corrected chi connectivity index (χ1v) is 10.2. The molecule has 0 unspecified atom stereocenters. The molecule has 0 aromatic heterocycles. The predicted octanol–water partition coefficient (Wildman–Crippen LogP) is 4.92. The lowest BCUT2D eigenvalue weighted by molar-refractivity contribution is -0.146. The molecule has 0 aliphatic rings. The van der Waals surface area contributed by atoms with Gasteiger partial charge in [0.1, 0.15) is 6.61 Å².